The Hall–Kier alpha value is -2.67. The van der Waals surface area contributed by atoms with Crippen LogP contribution in [0.5, 0.6) is 5.75 Å². The fraction of sp³-hybridized carbons (Fsp3) is 0.118. The Morgan fingerprint density at radius 3 is 2.72 bits per heavy atom. The Kier molecular flexibility index (Phi) is 4.59. The van der Waals surface area contributed by atoms with Crippen molar-refractivity contribution < 1.29 is 27.1 Å². The van der Waals surface area contributed by atoms with Crippen molar-refractivity contribution in [2.24, 2.45) is 0 Å². The van der Waals surface area contributed by atoms with Crippen molar-refractivity contribution in [3.05, 3.63) is 64.9 Å². The zero-order valence-electron chi connectivity index (χ0n) is 12.6. The minimum Gasteiger partial charge on any atom is -0.451 e. The Morgan fingerprint density at radius 2 is 1.96 bits per heavy atom. The van der Waals surface area contributed by atoms with Crippen LogP contribution < -0.4 is 10.1 Å². The highest BCUT2D eigenvalue weighted by Crippen LogP contribution is 2.24. The fourth-order valence-corrected chi connectivity index (χ4v) is 2.43. The van der Waals surface area contributed by atoms with Gasteiger partial charge in [0.05, 0.1) is 0 Å². The summed E-state index contributed by atoms with van der Waals surface area (Å²) < 4.78 is 45.9. The molecule has 1 aromatic heterocycles. The molecular weight excluding hydrogens is 359 g/mol. The predicted molar refractivity (Wildman–Crippen MR) is 85.5 cm³/mol. The first-order valence-electron chi connectivity index (χ1n) is 7.12. The van der Waals surface area contributed by atoms with E-state index in [0.29, 0.717) is 21.6 Å². The summed E-state index contributed by atoms with van der Waals surface area (Å²) in [5.74, 6) is -0.757. The third kappa shape index (κ3) is 4.45. The van der Waals surface area contributed by atoms with Crippen molar-refractivity contribution in [3.63, 3.8) is 0 Å². The summed E-state index contributed by atoms with van der Waals surface area (Å²) in [5.41, 5.74) is 0.962. The molecule has 4 nitrogen and oxygen atoms in total. The highest BCUT2D eigenvalue weighted by atomic mass is 35.5. The first kappa shape index (κ1) is 17.2. The van der Waals surface area contributed by atoms with Crippen molar-refractivity contribution in [1.82, 2.24) is 5.32 Å². The maximum absolute atomic E-state index is 12.2. The summed E-state index contributed by atoms with van der Waals surface area (Å²) in [7, 11) is 0. The number of benzene rings is 2. The molecule has 0 saturated heterocycles. The first-order valence-corrected chi connectivity index (χ1v) is 7.50. The maximum atomic E-state index is 12.2. The van der Waals surface area contributed by atoms with Crippen LogP contribution in [0, 0.1) is 0 Å². The molecule has 1 amide bonds. The van der Waals surface area contributed by atoms with Gasteiger partial charge in [-0.25, -0.2) is 0 Å². The van der Waals surface area contributed by atoms with E-state index in [1.807, 2.05) is 0 Å². The molecule has 0 unspecified atom stereocenters. The molecular formula is C17H11ClF3NO3. The van der Waals surface area contributed by atoms with Crippen LogP contribution in [0.4, 0.5) is 13.2 Å². The normalized spacial score (nSPS) is 11.5. The number of amides is 1. The lowest BCUT2D eigenvalue weighted by Gasteiger charge is -2.10. The molecule has 0 aliphatic carbocycles. The summed E-state index contributed by atoms with van der Waals surface area (Å²) in [6.07, 6.45) is -4.77. The second kappa shape index (κ2) is 6.68. The molecule has 3 aromatic rings. The SMILES string of the molecule is O=C(NCc1cccc(OC(F)(F)F)c1)c1cc2cc(Cl)ccc2o1. The van der Waals surface area contributed by atoms with Gasteiger partial charge < -0.3 is 14.5 Å². The monoisotopic (exact) mass is 369 g/mol. The van der Waals surface area contributed by atoms with Crippen molar-refractivity contribution in [2.45, 2.75) is 12.9 Å². The van der Waals surface area contributed by atoms with Crippen LogP contribution in [0.25, 0.3) is 11.0 Å². The van der Waals surface area contributed by atoms with E-state index in [4.69, 9.17) is 16.0 Å². The highest BCUT2D eigenvalue weighted by molar-refractivity contribution is 6.31. The van der Waals surface area contributed by atoms with Gasteiger partial charge in [0.2, 0.25) is 0 Å². The molecule has 8 heteroatoms. The molecule has 0 atom stereocenters. The van der Waals surface area contributed by atoms with Gasteiger partial charge in [0.1, 0.15) is 11.3 Å². The Morgan fingerprint density at radius 1 is 1.16 bits per heavy atom. The van der Waals surface area contributed by atoms with Crippen LogP contribution in [-0.2, 0) is 6.54 Å². The van der Waals surface area contributed by atoms with E-state index in [0.717, 1.165) is 0 Å². The second-order valence-corrected chi connectivity index (χ2v) is 5.61. The predicted octanol–water partition coefficient (Wildman–Crippen LogP) is 4.91. The lowest BCUT2D eigenvalue weighted by molar-refractivity contribution is -0.274. The Labute approximate surface area is 145 Å². The van der Waals surface area contributed by atoms with Crippen LogP contribution in [0.1, 0.15) is 16.1 Å². The summed E-state index contributed by atoms with van der Waals surface area (Å²) >= 11 is 5.88. The number of alkyl halides is 3. The van der Waals surface area contributed by atoms with E-state index >= 15 is 0 Å². The number of hydrogen-bond donors (Lipinski definition) is 1. The number of halogens is 4. The third-order valence-electron chi connectivity index (χ3n) is 3.29. The summed E-state index contributed by atoms with van der Waals surface area (Å²) in [6, 6.07) is 11.9. The topological polar surface area (TPSA) is 51.5 Å². The summed E-state index contributed by atoms with van der Waals surface area (Å²) in [6.45, 7) is 0.0195. The zero-order chi connectivity index (χ0) is 18.0. The van der Waals surface area contributed by atoms with Gasteiger partial charge in [-0.1, -0.05) is 23.7 Å². The van der Waals surface area contributed by atoms with Gasteiger partial charge in [-0.05, 0) is 42.0 Å². The maximum Gasteiger partial charge on any atom is 0.573 e. The average molecular weight is 370 g/mol. The summed E-state index contributed by atoms with van der Waals surface area (Å²) in [4.78, 5) is 12.1. The largest absolute Gasteiger partial charge is 0.573 e. The van der Waals surface area contributed by atoms with Gasteiger partial charge in [-0.2, -0.15) is 0 Å². The van der Waals surface area contributed by atoms with Gasteiger partial charge in [0.15, 0.2) is 5.76 Å². The van der Waals surface area contributed by atoms with E-state index < -0.39 is 12.3 Å². The average Bonchev–Trinajstić information content (AvgIpc) is 2.94. The molecule has 3 rings (SSSR count). The number of fused-ring (bicyclic) bond motifs is 1. The van der Waals surface area contributed by atoms with Crippen LogP contribution >= 0.6 is 11.6 Å². The number of furan rings is 1. The quantitative estimate of drug-likeness (QED) is 0.710. The molecule has 0 aliphatic heterocycles. The van der Waals surface area contributed by atoms with Crippen molar-refractivity contribution in [2.75, 3.05) is 0 Å². The van der Waals surface area contributed by atoms with Crippen molar-refractivity contribution in [1.29, 1.82) is 0 Å². The fourth-order valence-electron chi connectivity index (χ4n) is 2.25. The zero-order valence-corrected chi connectivity index (χ0v) is 13.3. The molecule has 25 heavy (non-hydrogen) atoms. The Balaban J connectivity index is 1.68. The number of nitrogens with one attached hydrogen (secondary N) is 1. The van der Waals surface area contributed by atoms with E-state index in [2.05, 4.69) is 10.1 Å². The van der Waals surface area contributed by atoms with E-state index in [1.165, 1.54) is 18.2 Å². The first-order chi connectivity index (χ1) is 11.8. The van der Waals surface area contributed by atoms with Gasteiger partial charge in [0, 0.05) is 17.0 Å². The van der Waals surface area contributed by atoms with Crippen molar-refractivity contribution in [3.8, 4) is 5.75 Å². The lowest BCUT2D eigenvalue weighted by Crippen LogP contribution is -2.22. The van der Waals surface area contributed by atoms with E-state index in [9.17, 15) is 18.0 Å². The van der Waals surface area contributed by atoms with Crippen LogP contribution in [0.3, 0.4) is 0 Å². The molecule has 0 fully saturated rings. The van der Waals surface area contributed by atoms with Crippen LogP contribution in [0.15, 0.2) is 52.9 Å². The standard InChI is InChI=1S/C17H11ClF3NO3/c18-12-4-5-14-11(7-12)8-15(24-14)16(23)22-9-10-2-1-3-13(6-10)25-17(19,20)21/h1-8H,9H2,(H,22,23). The van der Waals surface area contributed by atoms with Gasteiger partial charge >= 0.3 is 6.36 Å². The number of rotatable bonds is 4. The molecule has 0 radical (unpaired) electrons. The van der Waals surface area contributed by atoms with Gasteiger partial charge in [0.25, 0.3) is 5.91 Å². The van der Waals surface area contributed by atoms with Crippen LogP contribution in [-0.4, -0.2) is 12.3 Å². The molecule has 1 N–H and O–H groups in total. The highest BCUT2D eigenvalue weighted by Gasteiger charge is 2.31. The van der Waals surface area contributed by atoms with Crippen molar-refractivity contribution >= 4 is 28.5 Å². The minimum absolute atomic E-state index is 0.0195. The van der Waals surface area contributed by atoms with E-state index in [-0.39, 0.29) is 18.1 Å². The van der Waals surface area contributed by atoms with E-state index in [1.54, 1.807) is 30.3 Å². The van der Waals surface area contributed by atoms with Gasteiger partial charge in [-0.15, -0.1) is 13.2 Å². The Bertz CT molecular complexity index is 921. The number of ether oxygens (including phenoxy) is 1. The lowest BCUT2D eigenvalue weighted by atomic mass is 10.2. The molecule has 0 spiro atoms. The molecule has 130 valence electrons. The molecule has 0 saturated carbocycles. The second-order valence-electron chi connectivity index (χ2n) is 5.17. The number of carbonyl (C=O) groups is 1. The molecule has 0 bridgehead atoms. The third-order valence-corrected chi connectivity index (χ3v) is 3.52. The van der Waals surface area contributed by atoms with Crippen LogP contribution in [0.2, 0.25) is 5.02 Å². The number of hydrogen-bond acceptors (Lipinski definition) is 3. The molecule has 1 heterocycles. The molecule has 2 aromatic carbocycles. The summed E-state index contributed by atoms with van der Waals surface area (Å²) in [5, 5.41) is 3.77. The smallest absolute Gasteiger partial charge is 0.451 e. The molecule has 0 aliphatic rings. The number of carbonyl (C=O) groups excluding carboxylic acids is 1. The minimum atomic E-state index is -4.77. The van der Waals surface area contributed by atoms with Gasteiger partial charge in [-0.3, -0.25) is 4.79 Å².